The summed E-state index contributed by atoms with van der Waals surface area (Å²) in [5.74, 6) is 0.0431. The molecule has 152 valence electrons. The molecule has 1 unspecified atom stereocenters. The van der Waals surface area contributed by atoms with E-state index in [4.69, 9.17) is 28.3 Å². The highest BCUT2D eigenvalue weighted by atomic mass is 79.9. The number of hydrogen-bond acceptors (Lipinski definition) is 3. The molecule has 2 aromatic carbocycles. The van der Waals surface area contributed by atoms with E-state index < -0.39 is 0 Å². The minimum Gasteiger partial charge on any atom is -0.338 e. The van der Waals surface area contributed by atoms with Crippen LogP contribution >= 0.6 is 39.1 Å². The molecule has 0 aliphatic carbocycles. The molecule has 0 bridgehead atoms. The van der Waals surface area contributed by atoms with Crippen LogP contribution in [0.2, 0.25) is 10.0 Å². The summed E-state index contributed by atoms with van der Waals surface area (Å²) in [7, 11) is 0. The van der Waals surface area contributed by atoms with Gasteiger partial charge in [0, 0.05) is 29.0 Å². The predicted molar refractivity (Wildman–Crippen MR) is 123 cm³/mol. The van der Waals surface area contributed by atoms with Crippen molar-refractivity contribution in [3.8, 4) is 0 Å². The summed E-state index contributed by atoms with van der Waals surface area (Å²) in [6.45, 7) is 1.62. The summed E-state index contributed by atoms with van der Waals surface area (Å²) in [6, 6.07) is 13.4. The van der Waals surface area contributed by atoms with Crippen molar-refractivity contribution in [1.29, 1.82) is 0 Å². The molecule has 1 saturated heterocycles. The number of halogens is 3. The Morgan fingerprint density at radius 2 is 1.69 bits per heavy atom. The number of likely N-dealkylation sites (tertiary alicyclic amines) is 1. The first-order chi connectivity index (χ1) is 14.0. The van der Waals surface area contributed by atoms with Gasteiger partial charge in [-0.2, -0.15) is 5.10 Å². The quantitative estimate of drug-likeness (QED) is 0.490. The van der Waals surface area contributed by atoms with Crippen LogP contribution in [0.3, 0.4) is 0 Å². The number of nitrogens with zero attached hydrogens (tertiary/aromatic N) is 3. The van der Waals surface area contributed by atoms with Crippen LogP contribution < -0.4 is 5.01 Å². The maximum atomic E-state index is 13.2. The molecule has 2 heterocycles. The van der Waals surface area contributed by atoms with Gasteiger partial charge in [-0.1, -0.05) is 64.1 Å². The zero-order valence-corrected chi connectivity index (χ0v) is 19.1. The molecule has 1 amide bonds. The normalized spacial score (nSPS) is 19.8. The lowest BCUT2D eigenvalue weighted by molar-refractivity contribution is -0.124. The van der Waals surface area contributed by atoms with Crippen molar-refractivity contribution >= 4 is 56.4 Å². The van der Waals surface area contributed by atoms with E-state index in [1.807, 2.05) is 28.1 Å². The molecule has 7 heteroatoms. The third-order valence-corrected chi connectivity index (χ3v) is 6.53. The molecule has 4 rings (SSSR count). The second kappa shape index (κ2) is 9.07. The lowest BCUT2D eigenvalue weighted by Gasteiger charge is -2.25. The summed E-state index contributed by atoms with van der Waals surface area (Å²) in [5.41, 5.74) is 2.43. The molecule has 29 heavy (non-hydrogen) atoms. The first-order valence-electron chi connectivity index (χ1n) is 9.89. The molecular weight excluding hydrogens is 473 g/mol. The lowest BCUT2D eigenvalue weighted by Crippen LogP contribution is -2.36. The fourth-order valence-corrected chi connectivity index (χ4v) is 4.69. The van der Waals surface area contributed by atoms with Crippen LogP contribution in [0.25, 0.3) is 0 Å². The Bertz CT molecular complexity index is 924. The Balaban J connectivity index is 1.68. The van der Waals surface area contributed by atoms with E-state index in [1.54, 1.807) is 12.1 Å². The number of carbonyl (C=O) groups excluding carboxylic acids is 1. The molecule has 2 aromatic rings. The van der Waals surface area contributed by atoms with Crippen LogP contribution in [-0.4, -0.2) is 29.6 Å². The number of rotatable bonds is 3. The van der Waals surface area contributed by atoms with E-state index in [2.05, 4.69) is 28.1 Å². The Morgan fingerprint density at radius 1 is 1.00 bits per heavy atom. The SMILES string of the molecule is O=C(C1=NN(c2ccc(Cl)cc2Cl)C(c2ccc(Br)cc2)C1)N1CCCCCC1. The van der Waals surface area contributed by atoms with Gasteiger partial charge in [0.15, 0.2) is 0 Å². The van der Waals surface area contributed by atoms with Crippen molar-refractivity contribution in [2.45, 2.75) is 38.1 Å². The molecule has 0 aromatic heterocycles. The molecule has 0 radical (unpaired) electrons. The van der Waals surface area contributed by atoms with Gasteiger partial charge < -0.3 is 4.90 Å². The average Bonchev–Trinajstić information content (AvgIpc) is 2.95. The first-order valence-corrected chi connectivity index (χ1v) is 11.4. The highest BCUT2D eigenvalue weighted by molar-refractivity contribution is 9.10. The molecule has 4 nitrogen and oxygen atoms in total. The predicted octanol–water partition coefficient (Wildman–Crippen LogP) is 6.47. The molecule has 1 atom stereocenters. The van der Waals surface area contributed by atoms with Crippen molar-refractivity contribution < 1.29 is 4.79 Å². The molecule has 2 aliphatic heterocycles. The Hall–Kier alpha value is -1.56. The average molecular weight is 495 g/mol. The van der Waals surface area contributed by atoms with E-state index in [1.165, 1.54) is 12.8 Å². The molecule has 0 spiro atoms. The van der Waals surface area contributed by atoms with E-state index in [9.17, 15) is 4.79 Å². The van der Waals surface area contributed by atoms with Gasteiger partial charge in [0.25, 0.3) is 5.91 Å². The van der Waals surface area contributed by atoms with Gasteiger partial charge >= 0.3 is 0 Å². The van der Waals surface area contributed by atoms with Crippen molar-refractivity contribution in [1.82, 2.24) is 4.90 Å². The van der Waals surface area contributed by atoms with E-state index in [0.717, 1.165) is 41.7 Å². The number of hydrazone groups is 1. The van der Waals surface area contributed by atoms with Gasteiger partial charge in [-0.05, 0) is 48.7 Å². The molecule has 2 aliphatic rings. The smallest absolute Gasteiger partial charge is 0.270 e. The fraction of sp³-hybridized carbons (Fsp3) is 0.364. The van der Waals surface area contributed by atoms with Crippen molar-refractivity contribution in [3.05, 3.63) is 62.5 Å². The summed E-state index contributed by atoms with van der Waals surface area (Å²) in [4.78, 5) is 15.2. The number of amides is 1. The Morgan fingerprint density at radius 3 is 2.34 bits per heavy atom. The van der Waals surface area contributed by atoms with E-state index >= 15 is 0 Å². The largest absolute Gasteiger partial charge is 0.338 e. The van der Waals surface area contributed by atoms with Crippen LogP contribution in [0.15, 0.2) is 52.0 Å². The minimum atomic E-state index is -0.0901. The molecule has 0 N–H and O–H groups in total. The zero-order chi connectivity index (χ0) is 20.4. The van der Waals surface area contributed by atoms with Crippen LogP contribution in [-0.2, 0) is 4.79 Å². The number of hydrogen-bond donors (Lipinski definition) is 0. The van der Waals surface area contributed by atoms with Gasteiger partial charge in [0.05, 0.1) is 16.8 Å². The lowest BCUT2D eigenvalue weighted by atomic mass is 10.0. The second-order valence-corrected chi connectivity index (χ2v) is 9.22. The summed E-state index contributed by atoms with van der Waals surface area (Å²) < 4.78 is 1.01. The van der Waals surface area contributed by atoms with Crippen molar-refractivity contribution in [2.75, 3.05) is 18.1 Å². The topological polar surface area (TPSA) is 35.9 Å². The third-order valence-electron chi connectivity index (χ3n) is 5.46. The fourth-order valence-electron chi connectivity index (χ4n) is 3.93. The minimum absolute atomic E-state index is 0.0431. The van der Waals surface area contributed by atoms with Gasteiger partial charge in [-0.25, -0.2) is 0 Å². The molecule has 0 saturated carbocycles. The maximum absolute atomic E-state index is 13.2. The zero-order valence-electron chi connectivity index (χ0n) is 16.0. The van der Waals surface area contributed by atoms with Gasteiger partial charge in [0.1, 0.15) is 5.71 Å². The monoisotopic (exact) mass is 493 g/mol. The van der Waals surface area contributed by atoms with Crippen LogP contribution in [0.4, 0.5) is 5.69 Å². The summed E-state index contributed by atoms with van der Waals surface area (Å²) in [5, 5.41) is 7.71. The molecule has 1 fully saturated rings. The van der Waals surface area contributed by atoms with Gasteiger partial charge in [-0.15, -0.1) is 0 Å². The van der Waals surface area contributed by atoms with Gasteiger partial charge in [0.2, 0.25) is 0 Å². The highest BCUT2D eigenvalue weighted by Gasteiger charge is 2.35. The van der Waals surface area contributed by atoms with Gasteiger partial charge in [-0.3, -0.25) is 9.80 Å². The number of carbonyl (C=O) groups is 1. The second-order valence-electron chi connectivity index (χ2n) is 7.46. The standard InChI is InChI=1S/C22H22BrCl2N3O/c23-16-7-5-15(6-8-16)21-14-19(22(29)27-11-3-1-2-4-12-27)26-28(21)20-10-9-17(24)13-18(20)25/h5-10,13,21H,1-4,11-12,14H2. The number of anilines is 1. The molecular formula is C22H22BrCl2N3O. The van der Waals surface area contributed by atoms with Crippen molar-refractivity contribution in [2.24, 2.45) is 5.10 Å². The first kappa shape index (κ1) is 20.7. The van der Waals surface area contributed by atoms with Crippen molar-refractivity contribution in [3.63, 3.8) is 0 Å². The van der Waals surface area contributed by atoms with Crippen LogP contribution in [0.1, 0.15) is 43.7 Å². The number of benzene rings is 2. The van der Waals surface area contributed by atoms with E-state index in [0.29, 0.717) is 22.2 Å². The Kier molecular flexibility index (Phi) is 6.47. The third kappa shape index (κ3) is 4.62. The summed E-state index contributed by atoms with van der Waals surface area (Å²) in [6.07, 6.45) is 5.04. The van der Waals surface area contributed by atoms with Crippen LogP contribution in [0.5, 0.6) is 0 Å². The van der Waals surface area contributed by atoms with E-state index in [-0.39, 0.29) is 11.9 Å². The van der Waals surface area contributed by atoms with Crippen LogP contribution in [0, 0.1) is 0 Å². The summed E-state index contributed by atoms with van der Waals surface area (Å²) >= 11 is 16.1. The highest BCUT2D eigenvalue weighted by Crippen LogP contribution is 2.40. The Labute approximate surface area is 189 Å². The maximum Gasteiger partial charge on any atom is 0.270 e.